The summed E-state index contributed by atoms with van der Waals surface area (Å²) in [5, 5.41) is 7.12. The molecule has 120 valence electrons. The van der Waals surface area contributed by atoms with Crippen molar-refractivity contribution in [3.8, 4) is 0 Å². The molecule has 0 fully saturated rings. The van der Waals surface area contributed by atoms with Crippen molar-refractivity contribution in [2.75, 3.05) is 5.01 Å². The zero-order valence-electron chi connectivity index (χ0n) is 13.7. The summed E-state index contributed by atoms with van der Waals surface area (Å²) < 4.78 is 5.57. The van der Waals surface area contributed by atoms with Crippen molar-refractivity contribution in [3.63, 3.8) is 0 Å². The molecule has 2 heterocycles. The lowest BCUT2D eigenvalue weighted by atomic mass is 9.84. The Hall–Kier alpha value is -2.81. The smallest absolute Gasteiger partial charge is 0.149 e. The van der Waals surface area contributed by atoms with Crippen LogP contribution in [0.3, 0.4) is 0 Å². The Labute approximate surface area is 142 Å². The maximum Gasteiger partial charge on any atom is 0.149 e. The average Bonchev–Trinajstić information content (AvgIpc) is 3.18. The van der Waals surface area contributed by atoms with Crippen LogP contribution in [-0.2, 0) is 5.54 Å². The van der Waals surface area contributed by atoms with Crippen LogP contribution in [0.15, 0.2) is 88.6 Å². The van der Waals surface area contributed by atoms with Crippen molar-refractivity contribution in [3.05, 3.63) is 90.4 Å². The quantitative estimate of drug-likeness (QED) is 0.664. The molecule has 0 saturated heterocycles. The SMILES string of the molecule is CC1(c2ccccc2)CCC(c2ccco2)=NN1c1ccccc1. The third kappa shape index (κ3) is 2.52. The van der Waals surface area contributed by atoms with E-state index in [-0.39, 0.29) is 5.54 Å². The van der Waals surface area contributed by atoms with E-state index in [1.807, 2.05) is 18.2 Å². The Morgan fingerprint density at radius 3 is 2.29 bits per heavy atom. The van der Waals surface area contributed by atoms with Crippen LogP contribution in [0, 0.1) is 0 Å². The molecule has 0 aliphatic carbocycles. The molecule has 3 aromatic rings. The number of benzene rings is 2. The molecule has 0 radical (unpaired) electrons. The molecule has 0 bridgehead atoms. The van der Waals surface area contributed by atoms with E-state index in [1.165, 1.54) is 5.56 Å². The van der Waals surface area contributed by atoms with E-state index in [4.69, 9.17) is 9.52 Å². The van der Waals surface area contributed by atoms with Gasteiger partial charge in [0.1, 0.15) is 11.5 Å². The van der Waals surface area contributed by atoms with Gasteiger partial charge in [0.25, 0.3) is 0 Å². The highest BCUT2D eigenvalue weighted by Gasteiger charge is 2.38. The molecule has 0 amide bonds. The first-order chi connectivity index (χ1) is 11.8. The minimum Gasteiger partial charge on any atom is -0.463 e. The van der Waals surface area contributed by atoms with Crippen LogP contribution in [0.4, 0.5) is 5.69 Å². The van der Waals surface area contributed by atoms with Crippen LogP contribution < -0.4 is 5.01 Å². The molecule has 24 heavy (non-hydrogen) atoms. The number of hydrazone groups is 1. The van der Waals surface area contributed by atoms with Crippen LogP contribution >= 0.6 is 0 Å². The summed E-state index contributed by atoms with van der Waals surface area (Å²) in [5.41, 5.74) is 3.18. The Morgan fingerprint density at radius 1 is 0.917 bits per heavy atom. The van der Waals surface area contributed by atoms with E-state index in [1.54, 1.807) is 6.26 Å². The Morgan fingerprint density at radius 2 is 1.62 bits per heavy atom. The van der Waals surface area contributed by atoms with Crippen LogP contribution in [-0.4, -0.2) is 5.71 Å². The molecule has 1 atom stereocenters. The predicted molar refractivity (Wildman–Crippen MR) is 97.2 cm³/mol. The van der Waals surface area contributed by atoms with Crippen LogP contribution in [0.5, 0.6) is 0 Å². The molecule has 0 N–H and O–H groups in total. The summed E-state index contributed by atoms with van der Waals surface area (Å²) in [7, 11) is 0. The molecule has 1 aromatic heterocycles. The lowest BCUT2D eigenvalue weighted by Crippen LogP contribution is -2.44. The third-order valence-electron chi connectivity index (χ3n) is 4.74. The molecule has 4 rings (SSSR count). The fourth-order valence-electron chi connectivity index (χ4n) is 3.34. The molecular weight excluding hydrogens is 296 g/mol. The van der Waals surface area contributed by atoms with Gasteiger partial charge in [-0.2, -0.15) is 5.10 Å². The number of furan rings is 1. The summed E-state index contributed by atoms with van der Waals surface area (Å²) in [6.45, 7) is 2.26. The first kappa shape index (κ1) is 14.8. The Kier molecular flexibility index (Phi) is 3.69. The van der Waals surface area contributed by atoms with Gasteiger partial charge in [0.15, 0.2) is 0 Å². The number of hydrogen-bond donors (Lipinski definition) is 0. The third-order valence-corrected chi connectivity index (χ3v) is 4.74. The highest BCUT2D eigenvalue weighted by Crippen LogP contribution is 2.40. The maximum atomic E-state index is 5.57. The van der Waals surface area contributed by atoms with E-state index in [0.717, 1.165) is 30.0 Å². The summed E-state index contributed by atoms with van der Waals surface area (Å²) in [6.07, 6.45) is 3.57. The number of para-hydroxylation sites is 1. The Balaban J connectivity index is 1.83. The van der Waals surface area contributed by atoms with Gasteiger partial charge in [0.2, 0.25) is 0 Å². The summed E-state index contributed by atoms with van der Waals surface area (Å²) in [6, 6.07) is 24.9. The minimum atomic E-state index is -0.182. The van der Waals surface area contributed by atoms with Gasteiger partial charge < -0.3 is 4.42 Å². The van der Waals surface area contributed by atoms with Gasteiger partial charge in [-0.1, -0.05) is 48.5 Å². The van der Waals surface area contributed by atoms with Gasteiger partial charge in [-0.15, -0.1) is 0 Å². The fraction of sp³-hybridized carbons (Fsp3) is 0.190. The maximum absolute atomic E-state index is 5.57. The van der Waals surface area contributed by atoms with Gasteiger partial charge >= 0.3 is 0 Å². The average molecular weight is 316 g/mol. The normalized spacial score (nSPS) is 20.7. The molecule has 1 unspecified atom stereocenters. The molecule has 0 saturated carbocycles. The lowest BCUT2D eigenvalue weighted by molar-refractivity contribution is 0.399. The van der Waals surface area contributed by atoms with E-state index in [2.05, 4.69) is 66.5 Å². The topological polar surface area (TPSA) is 28.7 Å². The summed E-state index contributed by atoms with van der Waals surface area (Å²) >= 11 is 0. The standard InChI is InChI=1S/C21H20N2O/c1-21(17-9-4-2-5-10-17)15-14-19(20-13-8-16-24-20)22-23(21)18-11-6-3-7-12-18/h2-13,16H,14-15H2,1H3. The Bertz CT molecular complexity index is 825. The summed E-state index contributed by atoms with van der Waals surface area (Å²) in [5.74, 6) is 0.853. The van der Waals surface area contributed by atoms with Gasteiger partial charge in [0.05, 0.1) is 17.5 Å². The van der Waals surface area contributed by atoms with E-state index in [0.29, 0.717) is 0 Å². The fourth-order valence-corrected chi connectivity index (χ4v) is 3.34. The molecule has 3 heteroatoms. The van der Waals surface area contributed by atoms with Crippen molar-refractivity contribution in [2.24, 2.45) is 5.10 Å². The van der Waals surface area contributed by atoms with Gasteiger partial charge in [-0.3, -0.25) is 5.01 Å². The van der Waals surface area contributed by atoms with Crippen LogP contribution in [0.2, 0.25) is 0 Å². The number of anilines is 1. The minimum absolute atomic E-state index is 0.182. The molecule has 2 aromatic carbocycles. The van der Waals surface area contributed by atoms with Crippen molar-refractivity contribution < 1.29 is 4.42 Å². The van der Waals surface area contributed by atoms with Crippen molar-refractivity contribution in [1.29, 1.82) is 0 Å². The number of hydrogen-bond acceptors (Lipinski definition) is 3. The first-order valence-electron chi connectivity index (χ1n) is 8.29. The van der Waals surface area contributed by atoms with Crippen molar-refractivity contribution in [1.82, 2.24) is 0 Å². The highest BCUT2D eigenvalue weighted by molar-refractivity contribution is 5.99. The second-order valence-electron chi connectivity index (χ2n) is 6.31. The highest BCUT2D eigenvalue weighted by atomic mass is 16.3. The van der Waals surface area contributed by atoms with Gasteiger partial charge in [-0.25, -0.2) is 0 Å². The molecule has 3 nitrogen and oxygen atoms in total. The van der Waals surface area contributed by atoms with E-state index >= 15 is 0 Å². The van der Waals surface area contributed by atoms with E-state index in [9.17, 15) is 0 Å². The largest absolute Gasteiger partial charge is 0.463 e. The number of rotatable bonds is 3. The molecule has 0 spiro atoms. The van der Waals surface area contributed by atoms with Crippen LogP contribution in [0.25, 0.3) is 0 Å². The molecule has 1 aliphatic rings. The summed E-state index contributed by atoms with van der Waals surface area (Å²) in [4.78, 5) is 0. The second kappa shape index (κ2) is 6.00. The lowest BCUT2D eigenvalue weighted by Gasteiger charge is -2.43. The van der Waals surface area contributed by atoms with Gasteiger partial charge in [-0.05, 0) is 49.6 Å². The molecule has 1 aliphatic heterocycles. The van der Waals surface area contributed by atoms with Crippen molar-refractivity contribution in [2.45, 2.75) is 25.3 Å². The zero-order chi connectivity index (χ0) is 16.4. The first-order valence-corrected chi connectivity index (χ1v) is 8.29. The molecular formula is C21H20N2O. The zero-order valence-corrected chi connectivity index (χ0v) is 13.7. The van der Waals surface area contributed by atoms with Gasteiger partial charge in [0, 0.05) is 0 Å². The van der Waals surface area contributed by atoms with Crippen molar-refractivity contribution >= 4 is 11.4 Å². The van der Waals surface area contributed by atoms with E-state index < -0.39 is 0 Å². The second-order valence-corrected chi connectivity index (χ2v) is 6.31. The monoisotopic (exact) mass is 316 g/mol. The van der Waals surface area contributed by atoms with Crippen LogP contribution in [0.1, 0.15) is 31.1 Å². The number of nitrogens with zero attached hydrogens (tertiary/aromatic N) is 2. The predicted octanol–water partition coefficient (Wildman–Crippen LogP) is 5.20.